The second-order valence-electron chi connectivity index (χ2n) is 3.15. The molecular weight excluding hydrogens is 231 g/mol. The van der Waals surface area contributed by atoms with E-state index in [4.69, 9.17) is 12.2 Å². The van der Waals surface area contributed by atoms with Crippen LogP contribution in [-0.2, 0) is 10.0 Å². The number of rotatable bonds is 3. The van der Waals surface area contributed by atoms with Crippen molar-refractivity contribution in [1.29, 1.82) is 0 Å². The highest BCUT2D eigenvalue weighted by atomic mass is 32.2. The number of nitrogens with zero attached hydrogens (tertiary/aromatic N) is 1. The Morgan fingerprint density at radius 1 is 1.56 bits per heavy atom. The summed E-state index contributed by atoms with van der Waals surface area (Å²) < 4.78 is 37.6. The first-order valence-corrected chi connectivity index (χ1v) is 5.78. The number of nitrogen functional groups attached to an aromatic ring is 1. The standard InChI is InChI=1S/C10H11FN2O2S/c1-3-6-13(2)16(14,15)10-7-8(11)4-5-9(10)12/h1,4-5,7H,6,12H2,2H3. The lowest BCUT2D eigenvalue weighted by molar-refractivity contribution is 0.502. The molecule has 4 nitrogen and oxygen atoms in total. The van der Waals surface area contributed by atoms with Gasteiger partial charge in [0.25, 0.3) is 0 Å². The number of terminal acetylenes is 1. The van der Waals surface area contributed by atoms with Crippen molar-refractivity contribution in [3.8, 4) is 12.3 Å². The van der Waals surface area contributed by atoms with Gasteiger partial charge in [0.05, 0.1) is 12.2 Å². The average molecular weight is 242 g/mol. The van der Waals surface area contributed by atoms with E-state index < -0.39 is 15.8 Å². The predicted molar refractivity (Wildman–Crippen MR) is 59.5 cm³/mol. The summed E-state index contributed by atoms with van der Waals surface area (Å²) in [6.07, 6.45) is 5.01. The Balaban J connectivity index is 3.28. The average Bonchev–Trinajstić information content (AvgIpc) is 2.22. The van der Waals surface area contributed by atoms with Gasteiger partial charge in [-0.2, -0.15) is 4.31 Å². The fraction of sp³-hybridized carbons (Fsp3) is 0.200. The van der Waals surface area contributed by atoms with E-state index in [2.05, 4.69) is 5.92 Å². The monoisotopic (exact) mass is 242 g/mol. The van der Waals surface area contributed by atoms with Gasteiger partial charge in [0.1, 0.15) is 10.7 Å². The number of benzene rings is 1. The smallest absolute Gasteiger partial charge is 0.245 e. The molecule has 0 radical (unpaired) electrons. The lowest BCUT2D eigenvalue weighted by atomic mass is 10.3. The molecule has 0 unspecified atom stereocenters. The Bertz CT molecular complexity index is 534. The van der Waals surface area contributed by atoms with Crippen molar-refractivity contribution in [2.75, 3.05) is 19.3 Å². The Morgan fingerprint density at radius 2 is 2.19 bits per heavy atom. The molecule has 0 aliphatic rings. The third-order valence-corrected chi connectivity index (χ3v) is 3.84. The van der Waals surface area contributed by atoms with E-state index in [1.165, 1.54) is 13.1 Å². The van der Waals surface area contributed by atoms with Gasteiger partial charge >= 0.3 is 0 Å². The van der Waals surface area contributed by atoms with Crippen molar-refractivity contribution in [2.45, 2.75) is 4.90 Å². The molecule has 16 heavy (non-hydrogen) atoms. The Labute approximate surface area is 93.9 Å². The SMILES string of the molecule is C#CCN(C)S(=O)(=O)c1cc(F)ccc1N. The summed E-state index contributed by atoms with van der Waals surface area (Å²) in [4.78, 5) is -0.273. The quantitative estimate of drug-likeness (QED) is 0.625. The zero-order valence-corrected chi connectivity index (χ0v) is 9.46. The second kappa shape index (κ2) is 4.51. The van der Waals surface area contributed by atoms with Crippen LogP contribution in [0.5, 0.6) is 0 Å². The van der Waals surface area contributed by atoms with Crippen LogP contribution in [0.15, 0.2) is 23.1 Å². The first-order valence-electron chi connectivity index (χ1n) is 4.34. The molecule has 0 amide bonds. The van der Waals surface area contributed by atoms with Gasteiger partial charge in [-0.3, -0.25) is 0 Å². The molecule has 86 valence electrons. The first kappa shape index (κ1) is 12.5. The highest BCUT2D eigenvalue weighted by Crippen LogP contribution is 2.22. The number of nitrogens with two attached hydrogens (primary N) is 1. The Kier molecular flexibility index (Phi) is 3.52. The van der Waals surface area contributed by atoms with Crippen molar-refractivity contribution >= 4 is 15.7 Å². The molecule has 0 fully saturated rings. The summed E-state index contributed by atoms with van der Waals surface area (Å²) >= 11 is 0. The highest BCUT2D eigenvalue weighted by Gasteiger charge is 2.23. The second-order valence-corrected chi connectivity index (χ2v) is 5.16. The van der Waals surface area contributed by atoms with E-state index in [9.17, 15) is 12.8 Å². The third-order valence-electron chi connectivity index (χ3n) is 1.98. The van der Waals surface area contributed by atoms with E-state index in [1.54, 1.807) is 0 Å². The summed E-state index contributed by atoms with van der Waals surface area (Å²) in [5.74, 6) is 1.52. The van der Waals surface area contributed by atoms with E-state index in [0.29, 0.717) is 0 Å². The lowest BCUT2D eigenvalue weighted by Gasteiger charge is -2.15. The normalized spacial score (nSPS) is 11.4. The molecule has 0 spiro atoms. The maximum Gasteiger partial charge on any atom is 0.245 e. The molecule has 2 N–H and O–H groups in total. The van der Waals surface area contributed by atoms with Crippen LogP contribution in [0.2, 0.25) is 0 Å². The summed E-state index contributed by atoms with van der Waals surface area (Å²) in [6, 6.07) is 3.17. The van der Waals surface area contributed by atoms with Crippen molar-refractivity contribution in [3.63, 3.8) is 0 Å². The van der Waals surface area contributed by atoms with E-state index in [0.717, 1.165) is 16.4 Å². The molecule has 1 aromatic rings. The van der Waals surface area contributed by atoms with Crippen LogP contribution in [0, 0.1) is 18.2 Å². The van der Waals surface area contributed by atoms with Crippen molar-refractivity contribution in [3.05, 3.63) is 24.0 Å². The first-order chi connectivity index (χ1) is 7.39. The van der Waals surface area contributed by atoms with Gasteiger partial charge in [0.15, 0.2) is 0 Å². The van der Waals surface area contributed by atoms with Crippen LogP contribution in [0.25, 0.3) is 0 Å². The molecule has 0 saturated carbocycles. The van der Waals surface area contributed by atoms with Gasteiger partial charge in [0, 0.05) is 7.05 Å². The zero-order valence-electron chi connectivity index (χ0n) is 8.64. The Hall–Kier alpha value is -1.58. The van der Waals surface area contributed by atoms with Gasteiger partial charge in [-0.05, 0) is 18.2 Å². The van der Waals surface area contributed by atoms with Crippen LogP contribution in [0.3, 0.4) is 0 Å². The van der Waals surface area contributed by atoms with Crippen LogP contribution in [0.1, 0.15) is 0 Å². The van der Waals surface area contributed by atoms with E-state index >= 15 is 0 Å². The van der Waals surface area contributed by atoms with Gasteiger partial charge in [-0.15, -0.1) is 6.42 Å². The summed E-state index contributed by atoms with van der Waals surface area (Å²) in [5.41, 5.74) is 5.48. The maximum absolute atomic E-state index is 12.9. The van der Waals surface area contributed by atoms with Gasteiger partial charge in [-0.1, -0.05) is 5.92 Å². The largest absolute Gasteiger partial charge is 0.398 e. The van der Waals surface area contributed by atoms with Gasteiger partial charge in [-0.25, -0.2) is 12.8 Å². The highest BCUT2D eigenvalue weighted by molar-refractivity contribution is 7.89. The summed E-state index contributed by atoms with van der Waals surface area (Å²) in [5, 5.41) is 0. The van der Waals surface area contributed by atoms with Crippen molar-refractivity contribution in [1.82, 2.24) is 4.31 Å². The fourth-order valence-electron chi connectivity index (χ4n) is 1.11. The van der Waals surface area contributed by atoms with Crippen LogP contribution < -0.4 is 5.73 Å². The zero-order chi connectivity index (χ0) is 12.3. The molecule has 0 atom stereocenters. The van der Waals surface area contributed by atoms with Crippen molar-refractivity contribution in [2.24, 2.45) is 0 Å². The molecule has 0 bridgehead atoms. The maximum atomic E-state index is 12.9. The predicted octanol–water partition coefficient (Wildman–Crippen LogP) is 0.662. The minimum Gasteiger partial charge on any atom is -0.398 e. The van der Waals surface area contributed by atoms with Crippen LogP contribution >= 0.6 is 0 Å². The van der Waals surface area contributed by atoms with Gasteiger partial charge < -0.3 is 5.73 Å². The number of halogens is 1. The van der Waals surface area contributed by atoms with Gasteiger partial charge in [0.2, 0.25) is 10.0 Å². The molecule has 0 aliphatic carbocycles. The number of sulfonamides is 1. The summed E-state index contributed by atoms with van der Waals surface area (Å²) in [7, 11) is -2.52. The van der Waals surface area contributed by atoms with Crippen LogP contribution in [-0.4, -0.2) is 26.3 Å². The lowest BCUT2D eigenvalue weighted by Crippen LogP contribution is -2.28. The minimum absolute atomic E-state index is 0.00901. The number of anilines is 1. The molecule has 0 heterocycles. The Morgan fingerprint density at radius 3 is 2.75 bits per heavy atom. The number of hydrogen-bond donors (Lipinski definition) is 1. The molecular formula is C10H11FN2O2S. The van der Waals surface area contributed by atoms with Crippen LogP contribution in [0.4, 0.5) is 10.1 Å². The molecule has 1 aromatic carbocycles. The molecule has 6 heteroatoms. The third kappa shape index (κ3) is 2.32. The molecule has 0 aromatic heterocycles. The van der Waals surface area contributed by atoms with Crippen molar-refractivity contribution < 1.29 is 12.8 Å². The van der Waals surface area contributed by atoms with E-state index in [1.807, 2.05) is 0 Å². The molecule has 1 rings (SSSR count). The minimum atomic E-state index is -3.83. The summed E-state index contributed by atoms with van der Waals surface area (Å²) in [6.45, 7) is -0.0989. The topological polar surface area (TPSA) is 63.4 Å². The van der Waals surface area contributed by atoms with E-state index in [-0.39, 0.29) is 17.1 Å². The molecule has 0 saturated heterocycles. The fourth-order valence-corrected chi connectivity index (χ4v) is 2.32. The number of hydrogen-bond acceptors (Lipinski definition) is 3. The molecule has 0 aliphatic heterocycles.